The molecule has 2 unspecified atom stereocenters. The highest BCUT2D eigenvalue weighted by Crippen LogP contribution is 2.38. The molecule has 0 saturated heterocycles. The Morgan fingerprint density at radius 2 is 0.620 bits per heavy atom. The van der Waals surface area contributed by atoms with Crippen LogP contribution in [0.4, 0.5) is 0 Å². The lowest BCUT2D eigenvalue weighted by molar-refractivity contribution is -0.870. The number of hydrogen-bond acceptors (Lipinski definition) is 8. The van der Waals surface area contributed by atoms with Crippen LogP contribution in [-0.2, 0) is 32.7 Å². The number of allylic oxidation sites excluding steroid dienone is 8. The minimum Gasteiger partial charge on any atom is -0.756 e. The molecule has 2 atom stereocenters. The molecule has 0 aliphatic rings. The lowest BCUT2D eigenvalue weighted by Crippen LogP contribution is -2.37. The molecule has 0 saturated carbocycles. The van der Waals surface area contributed by atoms with E-state index in [4.69, 9.17) is 18.5 Å². The van der Waals surface area contributed by atoms with Gasteiger partial charge < -0.3 is 27.9 Å². The van der Waals surface area contributed by atoms with Crippen molar-refractivity contribution in [3.63, 3.8) is 0 Å². The molecule has 0 amide bonds. The van der Waals surface area contributed by atoms with E-state index in [0.717, 1.165) is 57.8 Å². The van der Waals surface area contributed by atoms with E-state index in [2.05, 4.69) is 62.5 Å². The van der Waals surface area contributed by atoms with Crippen molar-refractivity contribution in [3.05, 3.63) is 48.6 Å². The Bertz CT molecular complexity index is 1690. The first-order chi connectivity index (χ1) is 45.0. The molecule has 0 heterocycles. The van der Waals surface area contributed by atoms with Crippen LogP contribution in [0.2, 0.25) is 0 Å². The van der Waals surface area contributed by atoms with Crippen molar-refractivity contribution in [1.82, 2.24) is 0 Å². The first-order valence-corrected chi connectivity index (χ1v) is 41.8. The lowest BCUT2D eigenvalue weighted by atomic mass is 10.0. The van der Waals surface area contributed by atoms with Crippen LogP contribution in [0.3, 0.4) is 0 Å². The van der Waals surface area contributed by atoms with Crippen LogP contribution < -0.4 is 4.89 Å². The molecule has 0 bridgehead atoms. The van der Waals surface area contributed by atoms with Crippen molar-refractivity contribution < 1.29 is 42.1 Å². The quantitative estimate of drug-likeness (QED) is 0.0195. The molecule has 9 nitrogen and oxygen atoms in total. The van der Waals surface area contributed by atoms with Gasteiger partial charge in [0.15, 0.2) is 6.10 Å². The number of quaternary nitrogens is 1. The summed E-state index contributed by atoms with van der Waals surface area (Å²) in [6.07, 6.45) is 96.8. The predicted molar refractivity (Wildman–Crippen MR) is 397 cm³/mol. The standard InChI is InChI=1S/C82H156NO8P/c1-6-8-10-12-14-16-18-20-22-24-26-28-30-32-34-35-36-37-38-39-40-41-42-43-44-45-46-47-49-51-53-55-57-59-61-63-65-67-69-71-73-75-82(85)91-80(79-90-92(86,87)89-77-76-83(3,4)5)78-88-81(84)74-72-70-68-66-64-62-60-58-56-54-52-50-48-33-31-29-27-25-23-21-19-17-15-13-11-9-7-2/h8,10,14,16,20,22,26,28,80H,6-7,9,11-13,15,17-19,21,23-25,27,29-79H2,1-5H3/b10-8-,16-14-,22-20-,28-26-. The second-order valence-electron chi connectivity index (χ2n) is 28.8. The number of unbranched alkanes of at least 4 members (excludes halogenated alkanes) is 54. The highest BCUT2D eigenvalue weighted by Gasteiger charge is 2.22. The number of phosphoric ester groups is 1. The van der Waals surface area contributed by atoms with Gasteiger partial charge in [-0.05, 0) is 51.4 Å². The number of rotatable bonds is 76. The van der Waals surface area contributed by atoms with Crippen molar-refractivity contribution in [2.45, 2.75) is 418 Å². The number of esters is 2. The van der Waals surface area contributed by atoms with Crippen molar-refractivity contribution in [3.8, 4) is 0 Å². The zero-order valence-electron chi connectivity index (χ0n) is 62.0. The van der Waals surface area contributed by atoms with Gasteiger partial charge >= 0.3 is 11.9 Å². The Kier molecular flexibility index (Phi) is 71.6. The van der Waals surface area contributed by atoms with Gasteiger partial charge in [-0.25, -0.2) is 0 Å². The Morgan fingerprint density at radius 3 is 0.924 bits per heavy atom. The van der Waals surface area contributed by atoms with E-state index in [1.165, 1.54) is 321 Å². The van der Waals surface area contributed by atoms with Crippen LogP contribution in [0.15, 0.2) is 48.6 Å². The second kappa shape index (κ2) is 73.2. The van der Waals surface area contributed by atoms with Gasteiger partial charge in [0.2, 0.25) is 0 Å². The topological polar surface area (TPSA) is 111 Å². The van der Waals surface area contributed by atoms with E-state index in [0.29, 0.717) is 17.4 Å². The number of phosphoric acid groups is 1. The summed E-state index contributed by atoms with van der Waals surface area (Å²) in [4.78, 5) is 38.2. The molecule has 0 aromatic heterocycles. The molecule has 0 aromatic carbocycles. The molecule has 0 radical (unpaired) electrons. The van der Waals surface area contributed by atoms with Crippen LogP contribution >= 0.6 is 7.82 Å². The number of carbonyl (C=O) groups excluding carboxylic acids is 2. The maximum absolute atomic E-state index is 12.9. The van der Waals surface area contributed by atoms with Crippen molar-refractivity contribution in [2.24, 2.45) is 0 Å². The molecular formula is C82H156NO8P. The van der Waals surface area contributed by atoms with Crippen molar-refractivity contribution >= 4 is 19.8 Å². The lowest BCUT2D eigenvalue weighted by Gasteiger charge is -2.28. The summed E-state index contributed by atoms with van der Waals surface area (Å²) in [5, 5.41) is 0. The summed E-state index contributed by atoms with van der Waals surface area (Å²) in [5.74, 6) is -0.805. The molecule has 0 aliphatic carbocycles. The molecule has 0 aromatic rings. The summed E-state index contributed by atoms with van der Waals surface area (Å²) >= 11 is 0. The zero-order chi connectivity index (χ0) is 66.9. The van der Waals surface area contributed by atoms with Gasteiger partial charge in [-0.1, -0.05) is 396 Å². The summed E-state index contributed by atoms with van der Waals surface area (Å²) < 4.78 is 34.4. The third-order valence-electron chi connectivity index (χ3n) is 18.4. The molecule has 0 rings (SSSR count). The van der Waals surface area contributed by atoms with E-state index in [-0.39, 0.29) is 32.0 Å². The fourth-order valence-electron chi connectivity index (χ4n) is 12.2. The minimum absolute atomic E-state index is 0.0267. The van der Waals surface area contributed by atoms with Gasteiger partial charge in [0.05, 0.1) is 27.7 Å². The van der Waals surface area contributed by atoms with Crippen LogP contribution in [0.1, 0.15) is 412 Å². The van der Waals surface area contributed by atoms with E-state index in [1.54, 1.807) is 0 Å². The molecule has 0 fully saturated rings. The Morgan fingerprint density at radius 1 is 0.348 bits per heavy atom. The number of hydrogen-bond donors (Lipinski definition) is 0. The highest BCUT2D eigenvalue weighted by molar-refractivity contribution is 7.45. The van der Waals surface area contributed by atoms with Gasteiger partial charge in [-0.3, -0.25) is 14.2 Å². The fraction of sp³-hybridized carbons (Fsp3) is 0.878. The average Bonchev–Trinajstić information content (AvgIpc) is 2.23. The SMILES string of the molecule is CC/C=C\C/C=C\C/C=C\C/C=C\CCCCCCCCCCCCCCCCCCCCCCCCCCCCCCC(=O)OC(COC(=O)CCCCCCCCCCCCCCCCCCCCCCCCCCCCC)COP(=O)([O-])OCC[N+](C)(C)C. The number of ether oxygens (including phenoxy) is 2. The van der Waals surface area contributed by atoms with Crippen LogP contribution in [0, 0.1) is 0 Å². The Labute approximate surface area is 573 Å². The number of likely N-dealkylation sites (N-methyl/N-ethyl adjacent to an activating group) is 1. The molecule has 0 aliphatic heterocycles. The second-order valence-corrected chi connectivity index (χ2v) is 30.2. The summed E-state index contributed by atoms with van der Waals surface area (Å²) in [7, 11) is 1.19. The van der Waals surface area contributed by atoms with Gasteiger partial charge in [0.25, 0.3) is 7.82 Å². The van der Waals surface area contributed by atoms with Gasteiger partial charge in [-0.15, -0.1) is 0 Å². The van der Waals surface area contributed by atoms with E-state index >= 15 is 0 Å². The van der Waals surface area contributed by atoms with Crippen LogP contribution in [0.25, 0.3) is 0 Å². The fourth-order valence-corrected chi connectivity index (χ4v) is 13.0. The minimum atomic E-state index is -4.64. The zero-order valence-corrected chi connectivity index (χ0v) is 62.9. The maximum Gasteiger partial charge on any atom is 0.306 e. The molecule has 10 heteroatoms. The van der Waals surface area contributed by atoms with Gasteiger partial charge in [0.1, 0.15) is 19.8 Å². The Balaban J connectivity index is 3.87. The third-order valence-corrected chi connectivity index (χ3v) is 19.3. The predicted octanol–water partition coefficient (Wildman–Crippen LogP) is 26.1. The van der Waals surface area contributed by atoms with Gasteiger partial charge in [0, 0.05) is 12.8 Å². The molecule has 92 heavy (non-hydrogen) atoms. The van der Waals surface area contributed by atoms with E-state index in [1.807, 2.05) is 21.1 Å². The molecular weight excluding hydrogens is 1160 g/mol. The first-order valence-electron chi connectivity index (χ1n) is 40.3. The Hall–Kier alpha value is -2.03. The average molecular weight is 1320 g/mol. The van der Waals surface area contributed by atoms with Crippen molar-refractivity contribution in [2.75, 3.05) is 47.5 Å². The normalized spacial score (nSPS) is 13.2. The van der Waals surface area contributed by atoms with Crippen molar-refractivity contribution in [1.29, 1.82) is 0 Å². The largest absolute Gasteiger partial charge is 0.756 e. The van der Waals surface area contributed by atoms with Crippen LogP contribution in [-0.4, -0.2) is 70.0 Å². The number of carbonyl (C=O) groups is 2. The van der Waals surface area contributed by atoms with E-state index < -0.39 is 26.5 Å². The van der Waals surface area contributed by atoms with Gasteiger partial charge in [-0.2, -0.15) is 0 Å². The number of nitrogens with zero attached hydrogens (tertiary/aromatic N) is 1. The monoisotopic (exact) mass is 1310 g/mol. The third kappa shape index (κ3) is 77.0. The molecule has 0 N–H and O–H groups in total. The highest BCUT2D eigenvalue weighted by atomic mass is 31.2. The summed E-state index contributed by atoms with van der Waals surface area (Å²) in [5.41, 5.74) is 0. The van der Waals surface area contributed by atoms with Crippen LogP contribution in [0.5, 0.6) is 0 Å². The summed E-state index contributed by atoms with van der Waals surface area (Å²) in [6, 6.07) is 0. The molecule has 542 valence electrons. The van der Waals surface area contributed by atoms with E-state index in [9.17, 15) is 19.0 Å². The smallest absolute Gasteiger partial charge is 0.306 e. The first kappa shape index (κ1) is 90.0. The molecule has 0 spiro atoms. The maximum atomic E-state index is 12.9. The summed E-state index contributed by atoms with van der Waals surface area (Å²) in [6.45, 7) is 4.21.